The number of hydrogen-bond acceptors (Lipinski definition) is 3. The lowest BCUT2D eigenvalue weighted by Crippen LogP contribution is -2.38. The summed E-state index contributed by atoms with van der Waals surface area (Å²) in [7, 11) is 0. The van der Waals surface area contributed by atoms with Crippen LogP contribution in [0.5, 0.6) is 0 Å². The Labute approximate surface area is 233 Å². The third-order valence-corrected chi connectivity index (χ3v) is 8.79. The summed E-state index contributed by atoms with van der Waals surface area (Å²) in [6, 6.07) is 24.3. The first kappa shape index (κ1) is 24.6. The zero-order chi connectivity index (χ0) is 27.5. The summed E-state index contributed by atoms with van der Waals surface area (Å²) >= 11 is 0. The van der Waals surface area contributed by atoms with Crippen molar-refractivity contribution in [2.24, 2.45) is 17.6 Å². The van der Waals surface area contributed by atoms with Crippen molar-refractivity contribution in [2.45, 2.75) is 39.2 Å². The highest BCUT2D eigenvalue weighted by Crippen LogP contribution is 2.43. The summed E-state index contributed by atoms with van der Waals surface area (Å²) in [6.07, 6.45) is 6.74. The predicted molar refractivity (Wildman–Crippen MR) is 159 cm³/mol. The number of imide groups is 1. The van der Waals surface area contributed by atoms with E-state index in [2.05, 4.69) is 40.4 Å². The first-order valence-electron chi connectivity index (χ1n) is 14.1. The number of carbonyl (C=O) groups is 2. The minimum absolute atomic E-state index is 0.0698. The molecular formula is C34H32N4O2. The predicted octanol–water partition coefficient (Wildman–Crippen LogP) is 5.54. The molecule has 2 atom stereocenters. The largest absolute Gasteiger partial charge is 0.327 e. The van der Waals surface area contributed by atoms with E-state index >= 15 is 0 Å². The number of pyridine rings is 1. The summed E-state index contributed by atoms with van der Waals surface area (Å²) < 4.78 is 4.30. The number of fused-ring (bicyclic) bond motifs is 4. The Kier molecular flexibility index (Phi) is 5.75. The van der Waals surface area contributed by atoms with Crippen molar-refractivity contribution >= 4 is 39.4 Å². The number of aryl methyl sites for hydroxylation is 1. The van der Waals surface area contributed by atoms with Crippen LogP contribution < -0.4 is 11.1 Å². The number of benzene rings is 2. The maximum Gasteiger partial charge on any atom is 0.259 e. The fourth-order valence-corrected chi connectivity index (χ4v) is 6.79. The number of nitrogens with one attached hydrogen (secondary N) is 1. The zero-order valence-corrected chi connectivity index (χ0v) is 22.7. The fourth-order valence-electron chi connectivity index (χ4n) is 6.79. The molecule has 6 nitrogen and oxygen atoms in total. The number of nitrogens with two attached hydrogens (primary N) is 1. The molecule has 5 aromatic rings. The van der Waals surface area contributed by atoms with Gasteiger partial charge in [-0.2, -0.15) is 0 Å². The van der Waals surface area contributed by atoms with Crippen molar-refractivity contribution in [1.82, 2.24) is 14.3 Å². The molecule has 1 aliphatic heterocycles. The van der Waals surface area contributed by atoms with E-state index in [0.29, 0.717) is 23.0 Å². The van der Waals surface area contributed by atoms with Gasteiger partial charge in [0.15, 0.2) is 0 Å². The molecule has 40 heavy (non-hydrogen) atoms. The Morgan fingerprint density at radius 2 is 1.57 bits per heavy atom. The molecular weight excluding hydrogens is 496 g/mol. The highest BCUT2D eigenvalue weighted by atomic mass is 16.2. The Balaban J connectivity index is 1.51. The van der Waals surface area contributed by atoms with E-state index in [1.54, 1.807) is 0 Å². The maximum atomic E-state index is 13.7. The monoisotopic (exact) mass is 528 g/mol. The number of para-hydroxylation sites is 2. The molecule has 0 fully saturated rings. The van der Waals surface area contributed by atoms with Gasteiger partial charge in [0.25, 0.3) is 11.8 Å². The molecule has 0 saturated carbocycles. The molecule has 0 bridgehead atoms. The summed E-state index contributed by atoms with van der Waals surface area (Å²) in [6.45, 7) is 4.34. The van der Waals surface area contributed by atoms with Crippen molar-refractivity contribution in [3.8, 4) is 5.69 Å². The number of aromatic nitrogens is 2. The van der Waals surface area contributed by atoms with Gasteiger partial charge in [0.05, 0.1) is 22.2 Å². The number of carbonyl (C=O) groups excluding carboxylic acids is 2. The number of amides is 2. The average molecular weight is 529 g/mol. The summed E-state index contributed by atoms with van der Waals surface area (Å²) in [5, 5.41) is 3.58. The van der Waals surface area contributed by atoms with Crippen LogP contribution in [0.2, 0.25) is 0 Å². The van der Waals surface area contributed by atoms with E-state index in [1.807, 2.05) is 72.9 Å². The summed E-state index contributed by atoms with van der Waals surface area (Å²) in [5.74, 6) is -0.0210. The molecule has 3 N–H and O–H groups in total. The SMILES string of the molecule is CC(C)[C@H](N)[C@H]1CCc2c(c(C3=C(c4cn(-c5ccccc5)c5ccccc45)C(=O)NC3=O)c3ccccn23)C1. The van der Waals surface area contributed by atoms with Gasteiger partial charge >= 0.3 is 0 Å². The second-order valence-corrected chi connectivity index (χ2v) is 11.4. The van der Waals surface area contributed by atoms with Gasteiger partial charge in [-0.15, -0.1) is 0 Å². The van der Waals surface area contributed by atoms with Crippen LogP contribution >= 0.6 is 0 Å². The van der Waals surface area contributed by atoms with E-state index in [0.717, 1.165) is 58.1 Å². The quantitative estimate of drug-likeness (QED) is 0.294. The lowest BCUT2D eigenvalue weighted by molar-refractivity contribution is -0.122. The van der Waals surface area contributed by atoms with E-state index < -0.39 is 0 Å². The van der Waals surface area contributed by atoms with Gasteiger partial charge in [0.1, 0.15) is 0 Å². The van der Waals surface area contributed by atoms with Crippen molar-refractivity contribution in [3.05, 3.63) is 108 Å². The van der Waals surface area contributed by atoms with Crippen LogP contribution in [-0.4, -0.2) is 26.8 Å². The first-order valence-corrected chi connectivity index (χ1v) is 14.1. The number of rotatable bonds is 5. The highest BCUT2D eigenvalue weighted by molar-refractivity contribution is 6.50. The van der Waals surface area contributed by atoms with E-state index in [9.17, 15) is 9.59 Å². The van der Waals surface area contributed by atoms with Crippen molar-refractivity contribution in [1.29, 1.82) is 0 Å². The summed E-state index contributed by atoms with van der Waals surface area (Å²) in [4.78, 5) is 27.3. The standard InChI is InChI=1S/C34H32N4O2/c1-20(2)32(35)21-15-16-27-24(18-21)29(28-14-8-9-17-37(27)28)31-30(33(39)36-34(31)40)25-19-38(22-10-4-3-5-11-22)26-13-7-6-12-23(25)26/h3-14,17,19-21,32H,15-16,18,35H2,1-2H3,(H,36,39,40)/t21-,32-/m0/s1. The van der Waals surface area contributed by atoms with Gasteiger partial charge in [-0.05, 0) is 67.0 Å². The Morgan fingerprint density at radius 1 is 0.875 bits per heavy atom. The molecule has 3 aromatic heterocycles. The third kappa shape index (κ3) is 3.67. The normalized spacial score (nSPS) is 18.1. The lowest BCUT2D eigenvalue weighted by atomic mass is 9.77. The molecule has 1 aliphatic carbocycles. The molecule has 0 spiro atoms. The van der Waals surface area contributed by atoms with Gasteiger partial charge < -0.3 is 14.7 Å². The zero-order valence-electron chi connectivity index (χ0n) is 22.7. The van der Waals surface area contributed by atoms with Crippen molar-refractivity contribution in [2.75, 3.05) is 0 Å². The molecule has 4 heterocycles. The van der Waals surface area contributed by atoms with Gasteiger partial charge in [-0.25, -0.2) is 0 Å². The van der Waals surface area contributed by atoms with Gasteiger partial charge in [-0.1, -0.05) is 56.3 Å². The van der Waals surface area contributed by atoms with Crippen LogP contribution in [0.15, 0.2) is 85.2 Å². The topological polar surface area (TPSA) is 81.5 Å². The van der Waals surface area contributed by atoms with E-state index in [4.69, 9.17) is 5.73 Å². The van der Waals surface area contributed by atoms with Gasteiger partial charge in [-0.3, -0.25) is 14.9 Å². The van der Waals surface area contributed by atoms with Crippen LogP contribution in [0, 0.1) is 11.8 Å². The van der Waals surface area contributed by atoms with Crippen LogP contribution in [0.1, 0.15) is 42.7 Å². The Morgan fingerprint density at radius 3 is 2.38 bits per heavy atom. The van der Waals surface area contributed by atoms with Gasteiger partial charge in [0.2, 0.25) is 0 Å². The van der Waals surface area contributed by atoms with Crippen LogP contribution in [0.3, 0.4) is 0 Å². The summed E-state index contributed by atoms with van der Waals surface area (Å²) in [5.41, 5.74) is 14.5. The molecule has 6 heteroatoms. The number of hydrogen-bond donors (Lipinski definition) is 2. The molecule has 7 rings (SSSR count). The van der Waals surface area contributed by atoms with Crippen LogP contribution in [0.25, 0.3) is 33.3 Å². The lowest BCUT2D eigenvalue weighted by Gasteiger charge is -2.31. The first-order chi connectivity index (χ1) is 19.4. The third-order valence-electron chi connectivity index (χ3n) is 8.79. The van der Waals surface area contributed by atoms with E-state index in [1.165, 1.54) is 5.69 Å². The van der Waals surface area contributed by atoms with Crippen LogP contribution in [-0.2, 0) is 22.4 Å². The second-order valence-electron chi connectivity index (χ2n) is 11.4. The van der Waals surface area contributed by atoms with Gasteiger partial charge in [0, 0.05) is 46.3 Å². The minimum atomic E-state index is -0.355. The van der Waals surface area contributed by atoms with E-state index in [-0.39, 0.29) is 17.9 Å². The average Bonchev–Trinajstić information content (AvgIpc) is 3.60. The molecule has 2 amide bonds. The molecule has 2 aliphatic rings. The van der Waals surface area contributed by atoms with Crippen molar-refractivity contribution in [3.63, 3.8) is 0 Å². The van der Waals surface area contributed by atoms with Crippen molar-refractivity contribution < 1.29 is 9.59 Å². The highest BCUT2D eigenvalue weighted by Gasteiger charge is 2.39. The second kappa shape index (κ2) is 9.35. The minimum Gasteiger partial charge on any atom is -0.327 e. The fraction of sp³-hybridized carbons (Fsp3) is 0.235. The smallest absolute Gasteiger partial charge is 0.259 e. The Hall–Kier alpha value is -4.42. The Bertz CT molecular complexity index is 1840. The molecule has 2 aromatic carbocycles. The molecule has 200 valence electrons. The molecule has 0 unspecified atom stereocenters. The van der Waals surface area contributed by atoms with Crippen LogP contribution in [0.4, 0.5) is 0 Å². The number of nitrogens with zero attached hydrogens (tertiary/aromatic N) is 2. The maximum absolute atomic E-state index is 13.7. The molecule has 0 saturated heterocycles. The molecule has 0 radical (unpaired) electrons.